The van der Waals surface area contributed by atoms with E-state index in [0.29, 0.717) is 17.7 Å². The lowest BCUT2D eigenvalue weighted by molar-refractivity contribution is -0.141. The van der Waals surface area contributed by atoms with E-state index in [-0.39, 0.29) is 24.3 Å². The van der Waals surface area contributed by atoms with Gasteiger partial charge in [-0.25, -0.2) is 0 Å². The van der Waals surface area contributed by atoms with Crippen molar-refractivity contribution in [3.05, 3.63) is 71.3 Å². The second-order valence-electron chi connectivity index (χ2n) is 6.33. The van der Waals surface area contributed by atoms with Crippen LogP contribution in [0.5, 0.6) is 0 Å². The van der Waals surface area contributed by atoms with E-state index >= 15 is 0 Å². The number of rotatable bonds is 4. The van der Waals surface area contributed by atoms with Gasteiger partial charge < -0.3 is 15.3 Å². The van der Waals surface area contributed by atoms with Crippen molar-refractivity contribution in [1.82, 2.24) is 10.2 Å². The van der Waals surface area contributed by atoms with Crippen molar-refractivity contribution >= 4 is 17.8 Å². The molecular weight excluding hydrogens is 332 g/mol. The standard InChI is InChI=1S/C20H20N2O4/c1-21-18(23)14-8-5-9-15(10-14)19(24)22-11-16(17(12-22)20(25)26)13-6-3-2-4-7-13/h2-10,16-17H,11-12H2,1H3,(H,21,23)(H,25,26)/t16-,17-/m0/s1. The zero-order chi connectivity index (χ0) is 18.7. The summed E-state index contributed by atoms with van der Waals surface area (Å²) in [6.07, 6.45) is 0. The Morgan fingerprint density at radius 2 is 1.69 bits per heavy atom. The van der Waals surface area contributed by atoms with E-state index in [1.54, 1.807) is 23.1 Å². The van der Waals surface area contributed by atoms with Gasteiger partial charge in [0.25, 0.3) is 11.8 Å². The van der Waals surface area contributed by atoms with Crippen LogP contribution in [0.15, 0.2) is 54.6 Å². The Balaban J connectivity index is 1.85. The fourth-order valence-corrected chi connectivity index (χ4v) is 3.38. The van der Waals surface area contributed by atoms with E-state index in [0.717, 1.165) is 5.56 Å². The summed E-state index contributed by atoms with van der Waals surface area (Å²) in [5, 5.41) is 12.1. The number of carboxylic acid groups (broad SMARTS) is 1. The lowest BCUT2D eigenvalue weighted by atomic mass is 9.89. The van der Waals surface area contributed by atoms with E-state index in [1.807, 2.05) is 30.3 Å². The Morgan fingerprint density at radius 3 is 2.35 bits per heavy atom. The van der Waals surface area contributed by atoms with Crippen molar-refractivity contribution in [3.8, 4) is 0 Å². The van der Waals surface area contributed by atoms with Crippen LogP contribution in [0, 0.1) is 5.92 Å². The molecule has 0 aromatic heterocycles. The summed E-state index contributed by atoms with van der Waals surface area (Å²) < 4.78 is 0. The fraction of sp³-hybridized carbons (Fsp3) is 0.250. The van der Waals surface area contributed by atoms with Crippen LogP contribution in [-0.4, -0.2) is 47.9 Å². The zero-order valence-corrected chi connectivity index (χ0v) is 14.4. The molecule has 0 spiro atoms. The highest BCUT2D eigenvalue weighted by Crippen LogP contribution is 2.33. The Bertz CT molecular complexity index is 835. The number of likely N-dealkylation sites (tertiary alicyclic amines) is 1. The number of carboxylic acids is 1. The minimum absolute atomic E-state index is 0.151. The summed E-state index contributed by atoms with van der Waals surface area (Å²) in [5.41, 5.74) is 1.69. The summed E-state index contributed by atoms with van der Waals surface area (Å²) in [4.78, 5) is 37.9. The van der Waals surface area contributed by atoms with Gasteiger partial charge in [-0.3, -0.25) is 14.4 Å². The quantitative estimate of drug-likeness (QED) is 0.881. The molecule has 0 saturated carbocycles. The van der Waals surface area contributed by atoms with Gasteiger partial charge in [-0.1, -0.05) is 36.4 Å². The van der Waals surface area contributed by atoms with Crippen molar-refractivity contribution in [1.29, 1.82) is 0 Å². The lowest BCUT2D eigenvalue weighted by Gasteiger charge is -2.17. The number of benzene rings is 2. The number of hydrogen-bond acceptors (Lipinski definition) is 3. The smallest absolute Gasteiger partial charge is 0.308 e. The van der Waals surface area contributed by atoms with Gasteiger partial charge in [0.1, 0.15) is 0 Å². The summed E-state index contributed by atoms with van der Waals surface area (Å²) in [5.74, 6) is -2.34. The minimum atomic E-state index is -0.909. The molecule has 2 aromatic rings. The monoisotopic (exact) mass is 352 g/mol. The second kappa shape index (κ2) is 7.39. The summed E-state index contributed by atoms with van der Waals surface area (Å²) in [6, 6.07) is 15.8. The maximum atomic E-state index is 12.9. The lowest BCUT2D eigenvalue weighted by Crippen LogP contribution is -2.30. The molecule has 0 aliphatic carbocycles. The predicted molar refractivity (Wildman–Crippen MR) is 96.0 cm³/mol. The molecule has 26 heavy (non-hydrogen) atoms. The number of carbonyl (C=O) groups excluding carboxylic acids is 2. The van der Waals surface area contributed by atoms with Crippen LogP contribution in [0.3, 0.4) is 0 Å². The van der Waals surface area contributed by atoms with E-state index in [4.69, 9.17) is 0 Å². The van der Waals surface area contributed by atoms with Gasteiger partial charge in [0.05, 0.1) is 5.92 Å². The SMILES string of the molecule is CNC(=O)c1cccc(C(=O)N2C[C@H](C(=O)O)[C@H](c3ccccc3)C2)c1. The highest BCUT2D eigenvalue weighted by molar-refractivity contribution is 6.00. The first-order valence-electron chi connectivity index (χ1n) is 8.40. The molecule has 2 atom stereocenters. The van der Waals surface area contributed by atoms with Crippen LogP contribution in [0.1, 0.15) is 32.2 Å². The first-order valence-corrected chi connectivity index (χ1v) is 8.40. The highest BCUT2D eigenvalue weighted by atomic mass is 16.4. The van der Waals surface area contributed by atoms with Gasteiger partial charge in [0, 0.05) is 37.2 Å². The van der Waals surface area contributed by atoms with E-state index in [2.05, 4.69) is 5.32 Å². The third kappa shape index (κ3) is 3.44. The Kier molecular flexibility index (Phi) is 5.02. The number of aliphatic carboxylic acids is 1. The molecule has 134 valence electrons. The van der Waals surface area contributed by atoms with Gasteiger partial charge in [-0.15, -0.1) is 0 Å². The number of amides is 2. The summed E-state index contributed by atoms with van der Waals surface area (Å²) >= 11 is 0. The molecule has 3 rings (SSSR count). The largest absolute Gasteiger partial charge is 0.481 e. The first-order chi connectivity index (χ1) is 12.5. The average Bonchev–Trinajstić information content (AvgIpc) is 3.13. The second-order valence-corrected chi connectivity index (χ2v) is 6.33. The molecule has 0 bridgehead atoms. The van der Waals surface area contributed by atoms with Gasteiger partial charge in [0.2, 0.25) is 0 Å². The molecular formula is C20H20N2O4. The van der Waals surface area contributed by atoms with Crippen molar-refractivity contribution in [2.24, 2.45) is 5.92 Å². The maximum Gasteiger partial charge on any atom is 0.308 e. The van der Waals surface area contributed by atoms with E-state index in [9.17, 15) is 19.5 Å². The molecule has 1 aliphatic heterocycles. The van der Waals surface area contributed by atoms with Crippen LogP contribution in [-0.2, 0) is 4.79 Å². The minimum Gasteiger partial charge on any atom is -0.481 e. The average molecular weight is 352 g/mol. The Labute approximate surface area is 151 Å². The third-order valence-electron chi connectivity index (χ3n) is 4.75. The summed E-state index contributed by atoms with van der Waals surface area (Å²) in [7, 11) is 1.53. The van der Waals surface area contributed by atoms with Crippen molar-refractivity contribution in [2.45, 2.75) is 5.92 Å². The molecule has 1 saturated heterocycles. The molecule has 0 unspecified atom stereocenters. The molecule has 6 heteroatoms. The molecule has 1 aliphatic rings. The topological polar surface area (TPSA) is 86.7 Å². The molecule has 0 radical (unpaired) electrons. The van der Waals surface area contributed by atoms with Crippen molar-refractivity contribution < 1.29 is 19.5 Å². The number of nitrogens with one attached hydrogen (secondary N) is 1. The van der Waals surface area contributed by atoms with Gasteiger partial charge in [0.15, 0.2) is 0 Å². The fourth-order valence-electron chi connectivity index (χ4n) is 3.38. The summed E-state index contributed by atoms with van der Waals surface area (Å²) in [6.45, 7) is 0.488. The zero-order valence-electron chi connectivity index (χ0n) is 14.4. The van der Waals surface area contributed by atoms with Crippen LogP contribution in [0.4, 0.5) is 0 Å². The van der Waals surface area contributed by atoms with Crippen LogP contribution >= 0.6 is 0 Å². The Hall–Kier alpha value is -3.15. The van der Waals surface area contributed by atoms with Crippen LogP contribution in [0.2, 0.25) is 0 Å². The molecule has 1 fully saturated rings. The number of hydrogen-bond donors (Lipinski definition) is 2. The third-order valence-corrected chi connectivity index (χ3v) is 4.75. The predicted octanol–water partition coefficient (Wildman–Crippen LogP) is 1.99. The molecule has 2 N–H and O–H groups in total. The van der Waals surface area contributed by atoms with Crippen molar-refractivity contribution in [3.63, 3.8) is 0 Å². The van der Waals surface area contributed by atoms with E-state index < -0.39 is 11.9 Å². The normalized spacial score (nSPS) is 19.2. The molecule has 2 amide bonds. The molecule has 6 nitrogen and oxygen atoms in total. The van der Waals surface area contributed by atoms with Crippen molar-refractivity contribution in [2.75, 3.05) is 20.1 Å². The van der Waals surface area contributed by atoms with Gasteiger partial charge in [-0.05, 0) is 23.8 Å². The number of nitrogens with zero attached hydrogens (tertiary/aromatic N) is 1. The first kappa shape index (κ1) is 17.7. The molecule has 1 heterocycles. The Morgan fingerprint density at radius 1 is 1.00 bits per heavy atom. The number of carbonyl (C=O) groups is 3. The van der Waals surface area contributed by atoms with Crippen LogP contribution < -0.4 is 5.32 Å². The van der Waals surface area contributed by atoms with Gasteiger partial charge >= 0.3 is 5.97 Å². The maximum absolute atomic E-state index is 12.9. The highest BCUT2D eigenvalue weighted by Gasteiger charge is 2.40. The van der Waals surface area contributed by atoms with E-state index in [1.165, 1.54) is 13.1 Å². The molecule has 2 aromatic carbocycles. The van der Waals surface area contributed by atoms with Crippen LogP contribution in [0.25, 0.3) is 0 Å². The van der Waals surface area contributed by atoms with Gasteiger partial charge in [-0.2, -0.15) is 0 Å².